The van der Waals surface area contributed by atoms with Gasteiger partial charge in [-0.15, -0.1) is 0 Å². The summed E-state index contributed by atoms with van der Waals surface area (Å²) in [7, 11) is 1.59. The molecule has 0 aliphatic rings. The number of ether oxygens (including phenoxy) is 1. The Hall–Kier alpha value is -1.52. The predicted molar refractivity (Wildman–Crippen MR) is 78.9 cm³/mol. The first kappa shape index (κ1) is 13.9. The number of nitrogens with one attached hydrogen (secondary N) is 1. The van der Waals surface area contributed by atoms with Crippen molar-refractivity contribution in [2.45, 2.75) is 25.9 Å². The summed E-state index contributed by atoms with van der Waals surface area (Å²) in [6.07, 6.45) is 0. The van der Waals surface area contributed by atoms with Crippen molar-refractivity contribution in [3.05, 3.63) is 46.2 Å². The van der Waals surface area contributed by atoms with Crippen LogP contribution in [0.2, 0.25) is 0 Å². The average molecular weight is 277 g/mol. The minimum atomic E-state index is 0.0702. The molecule has 0 bridgehead atoms. The van der Waals surface area contributed by atoms with Crippen LogP contribution in [-0.2, 0) is 0 Å². The van der Waals surface area contributed by atoms with Gasteiger partial charge in [-0.2, -0.15) is 11.3 Å². The molecule has 0 saturated heterocycles. The maximum atomic E-state index is 10.0. The molecular weight excluding hydrogens is 258 g/mol. The average Bonchev–Trinajstić information content (AvgIpc) is 2.92. The Morgan fingerprint density at radius 2 is 2.00 bits per heavy atom. The third-order valence-electron chi connectivity index (χ3n) is 3.25. The molecule has 2 rings (SSSR count). The number of benzene rings is 1. The van der Waals surface area contributed by atoms with Crippen molar-refractivity contribution in [3.8, 4) is 11.5 Å². The van der Waals surface area contributed by atoms with Gasteiger partial charge >= 0.3 is 0 Å². The van der Waals surface area contributed by atoms with Gasteiger partial charge in [0.05, 0.1) is 7.11 Å². The van der Waals surface area contributed by atoms with Crippen molar-refractivity contribution in [2.24, 2.45) is 0 Å². The molecule has 0 amide bonds. The molecule has 2 unspecified atom stereocenters. The van der Waals surface area contributed by atoms with Crippen molar-refractivity contribution in [1.82, 2.24) is 5.32 Å². The molecule has 1 aromatic heterocycles. The Morgan fingerprint density at radius 3 is 2.58 bits per heavy atom. The van der Waals surface area contributed by atoms with Gasteiger partial charge in [-0.1, -0.05) is 6.07 Å². The van der Waals surface area contributed by atoms with Crippen molar-refractivity contribution >= 4 is 11.3 Å². The Kier molecular flexibility index (Phi) is 4.45. The lowest BCUT2D eigenvalue weighted by Crippen LogP contribution is -2.22. The van der Waals surface area contributed by atoms with Crippen molar-refractivity contribution in [3.63, 3.8) is 0 Å². The van der Waals surface area contributed by atoms with Gasteiger partial charge in [0.2, 0.25) is 0 Å². The summed E-state index contributed by atoms with van der Waals surface area (Å²) < 4.78 is 5.09. The molecule has 0 aliphatic carbocycles. The van der Waals surface area contributed by atoms with Gasteiger partial charge in [0, 0.05) is 23.7 Å². The van der Waals surface area contributed by atoms with Gasteiger partial charge in [0.15, 0.2) is 0 Å². The maximum Gasteiger partial charge on any atom is 0.124 e. The normalized spacial score (nSPS) is 14.1. The second-order valence-electron chi connectivity index (χ2n) is 4.59. The number of thiophene rings is 1. The molecule has 2 atom stereocenters. The second-order valence-corrected chi connectivity index (χ2v) is 5.37. The van der Waals surface area contributed by atoms with Crippen LogP contribution in [-0.4, -0.2) is 12.2 Å². The Morgan fingerprint density at radius 1 is 1.21 bits per heavy atom. The summed E-state index contributed by atoms with van der Waals surface area (Å²) >= 11 is 1.69. The lowest BCUT2D eigenvalue weighted by Gasteiger charge is -2.21. The maximum absolute atomic E-state index is 10.0. The minimum absolute atomic E-state index is 0.0702. The smallest absolute Gasteiger partial charge is 0.124 e. The second kappa shape index (κ2) is 6.08. The van der Waals surface area contributed by atoms with Crippen LogP contribution in [0, 0.1) is 0 Å². The predicted octanol–water partition coefficient (Wildman–Crippen LogP) is 3.87. The standard InChI is InChI=1S/C15H19NO2S/c1-10(12-6-7-19-9-12)16-11(2)14-5-4-13(18-3)8-15(14)17/h4-11,16-17H,1-3H3. The Balaban J connectivity index is 2.09. The number of aromatic hydroxyl groups is 1. The molecule has 1 heterocycles. The molecule has 3 nitrogen and oxygen atoms in total. The SMILES string of the molecule is COc1ccc(C(C)NC(C)c2ccsc2)c(O)c1. The van der Waals surface area contributed by atoms with Gasteiger partial charge < -0.3 is 15.2 Å². The van der Waals surface area contributed by atoms with Gasteiger partial charge in [0.25, 0.3) is 0 Å². The van der Waals surface area contributed by atoms with E-state index in [0.717, 1.165) is 5.56 Å². The molecule has 2 N–H and O–H groups in total. The Labute approximate surface area is 117 Å². The van der Waals surface area contributed by atoms with E-state index in [-0.39, 0.29) is 17.8 Å². The minimum Gasteiger partial charge on any atom is -0.507 e. The van der Waals surface area contributed by atoms with Crippen LogP contribution in [0.15, 0.2) is 35.0 Å². The molecule has 0 fully saturated rings. The number of rotatable bonds is 5. The summed E-state index contributed by atoms with van der Waals surface area (Å²) in [6.45, 7) is 4.17. The van der Waals surface area contributed by atoms with Crippen molar-refractivity contribution < 1.29 is 9.84 Å². The molecule has 19 heavy (non-hydrogen) atoms. The van der Waals surface area contributed by atoms with E-state index in [1.165, 1.54) is 5.56 Å². The molecule has 0 aliphatic heterocycles. The van der Waals surface area contributed by atoms with Gasteiger partial charge in [0.1, 0.15) is 11.5 Å². The van der Waals surface area contributed by atoms with Crippen LogP contribution in [0.1, 0.15) is 37.1 Å². The fraction of sp³-hybridized carbons (Fsp3) is 0.333. The first-order valence-corrected chi connectivity index (χ1v) is 7.21. The fourth-order valence-corrected chi connectivity index (χ4v) is 2.85. The zero-order valence-corrected chi connectivity index (χ0v) is 12.2. The van der Waals surface area contributed by atoms with Gasteiger partial charge in [-0.25, -0.2) is 0 Å². The highest BCUT2D eigenvalue weighted by Crippen LogP contribution is 2.30. The molecule has 0 radical (unpaired) electrons. The number of hydrogen-bond donors (Lipinski definition) is 2. The van der Waals surface area contributed by atoms with Gasteiger partial charge in [-0.05, 0) is 42.3 Å². The zero-order valence-electron chi connectivity index (χ0n) is 11.4. The van der Waals surface area contributed by atoms with E-state index in [0.29, 0.717) is 5.75 Å². The molecule has 102 valence electrons. The van der Waals surface area contributed by atoms with E-state index >= 15 is 0 Å². The van der Waals surface area contributed by atoms with E-state index < -0.39 is 0 Å². The zero-order chi connectivity index (χ0) is 13.8. The van der Waals surface area contributed by atoms with E-state index in [1.807, 2.05) is 19.1 Å². The van der Waals surface area contributed by atoms with Crippen molar-refractivity contribution in [2.75, 3.05) is 7.11 Å². The molecule has 1 aromatic carbocycles. The van der Waals surface area contributed by atoms with E-state index in [4.69, 9.17) is 4.74 Å². The van der Waals surface area contributed by atoms with Crippen LogP contribution in [0.4, 0.5) is 0 Å². The lowest BCUT2D eigenvalue weighted by atomic mass is 10.0. The first-order valence-electron chi connectivity index (χ1n) is 6.27. The lowest BCUT2D eigenvalue weighted by molar-refractivity contribution is 0.402. The summed E-state index contributed by atoms with van der Waals surface area (Å²) in [5.74, 6) is 0.927. The fourth-order valence-electron chi connectivity index (χ4n) is 2.10. The van der Waals surface area contributed by atoms with Crippen LogP contribution in [0.5, 0.6) is 11.5 Å². The van der Waals surface area contributed by atoms with Gasteiger partial charge in [-0.3, -0.25) is 0 Å². The highest BCUT2D eigenvalue weighted by molar-refractivity contribution is 7.07. The highest BCUT2D eigenvalue weighted by Gasteiger charge is 2.14. The number of phenolic OH excluding ortho intramolecular Hbond substituents is 1. The number of phenols is 1. The highest BCUT2D eigenvalue weighted by atomic mass is 32.1. The molecular formula is C15H19NO2S. The molecule has 4 heteroatoms. The molecule has 0 saturated carbocycles. The number of methoxy groups -OCH3 is 1. The van der Waals surface area contributed by atoms with E-state index in [9.17, 15) is 5.11 Å². The number of hydrogen-bond acceptors (Lipinski definition) is 4. The third kappa shape index (κ3) is 3.28. The molecule has 0 spiro atoms. The summed E-state index contributed by atoms with van der Waals surface area (Å²) in [5.41, 5.74) is 2.15. The van der Waals surface area contributed by atoms with Crippen molar-refractivity contribution in [1.29, 1.82) is 0 Å². The quantitative estimate of drug-likeness (QED) is 0.871. The molecule has 2 aromatic rings. The summed E-state index contributed by atoms with van der Waals surface area (Å²) in [5, 5.41) is 17.7. The first-order chi connectivity index (χ1) is 9.11. The monoisotopic (exact) mass is 277 g/mol. The van der Waals surface area contributed by atoms with Crippen LogP contribution < -0.4 is 10.1 Å². The summed E-state index contributed by atoms with van der Waals surface area (Å²) in [6, 6.07) is 7.84. The van der Waals surface area contributed by atoms with E-state index in [2.05, 4.69) is 29.1 Å². The topological polar surface area (TPSA) is 41.5 Å². The largest absolute Gasteiger partial charge is 0.507 e. The third-order valence-corrected chi connectivity index (χ3v) is 3.95. The van der Waals surface area contributed by atoms with Crippen LogP contribution >= 0.6 is 11.3 Å². The van der Waals surface area contributed by atoms with E-state index in [1.54, 1.807) is 24.5 Å². The van der Waals surface area contributed by atoms with Crippen LogP contribution in [0.25, 0.3) is 0 Å². The van der Waals surface area contributed by atoms with Crippen LogP contribution in [0.3, 0.4) is 0 Å². The summed E-state index contributed by atoms with van der Waals surface area (Å²) in [4.78, 5) is 0. The Bertz CT molecular complexity index is 525.